The zero-order valence-corrected chi connectivity index (χ0v) is 11.4. The molecule has 1 aliphatic heterocycles. The summed E-state index contributed by atoms with van der Waals surface area (Å²) in [5.74, 6) is 1.72. The molecule has 1 aliphatic rings. The zero-order chi connectivity index (χ0) is 13.6. The summed E-state index contributed by atoms with van der Waals surface area (Å²) in [4.78, 5) is 0. The second kappa shape index (κ2) is 4.05. The van der Waals surface area contributed by atoms with Gasteiger partial charge in [-0.3, -0.25) is 0 Å². The van der Waals surface area contributed by atoms with Gasteiger partial charge in [-0.15, -0.1) is 0 Å². The van der Waals surface area contributed by atoms with E-state index in [1.165, 1.54) is 0 Å². The van der Waals surface area contributed by atoms with Gasteiger partial charge in [0.25, 0.3) is 0 Å². The van der Waals surface area contributed by atoms with Crippen LogP contribution >= 0.6 is 0 Å². The molecule has 0 saturated carbocycles. The van der Waals surface area contributed by atoms with E-state index in [-0.39, 0.29) is 0 Å². The van der Waals surface area contributed by atoms with Crippen molar-refractivity contribution < 1.29 is 9.47 Å². The van der Waals surface area contributed by atoms with Crippen molar-refractivity contribution in [2.45, 2.75) is 19.3 Å². The van der Waals surface area contributed by atoms with E-state index in [0.29, 0.717) is 0 Å². The van der Waals surface area contributed by atoms with Gasteiger partial charge in [-0.1, -0.05) is 18.2 Å². The summed E-state index contributed by atoms with van der Waals surface area (Å²) in [6.07, 6.45) is 3.92. The van der Waals surface area contributed by atoms with E-state index in [1.54, 1.807) is 7.11 Å². The Morgan fingerprint density at radius 1 is 1.26 bits per heavy atom. The molecule has 0 fully saturated rings. The highest BCUT2D eigenvalue weighted by molar-refractivity contribution is 6.16. The maximum atomic E-state index is 5.98. The third kappa shape index (κ3) is 1.99. The van der Waals surface area contributed by atoms with Crippen LogP contribution in [0.25, 0.3) is 16.8 Å². The molecule has 3 heteroatoms. The van der Waals surface area contributed by atoms with E-state index in [2.05, 4.69) is 12.1 Å². The number of aryl methyl sites for hydroxylation is 1. The van der Waals surface area contributed by atoms with Crippen LogP contribution in [0.3, 0.4) is 0 Å². The van der Waals surface area contributed by atoms with Crippen LogP contribution in [-0.2, 0) is 0 Å². The molecule has 2 aromatic rings. The summed E-state index contributed by atoms with van der Waals surface area (Å²) >= 11 is 0. The summed E-state index contributed by atoms with van der Waals surface area (Å²) in [5, 5.41) is 2.29. The summed E-state index contributed by atoms with van der Waals surface area (Å²) in [5.41, 5.74) is 1.45. The topological polar surface area (TPSA) is 18.5 Å². The third-order valence-electron chi connectivity index (χ3n) is 3.45. The Kier molecular flexibility index (Phi) is 2.59. The minimum Gasteiger partial charge on any atom is -0.496 e. The number of methoxy groups -OCH3 is 1. The van der Waals surface area contributed by atoms with Crippen molar-refractivity contribution in [1.29, 1.82) is 0 Å². The zero-order valence-electron chi connectivity index (χ0n) is 11.4. The summed E-state index contributed by atoms with van der Waals surface area (Å²) in [7, 11) is 7.67. The van der Waals surface area contributed by atoms with Gasteiger partial charge in [0, 0.05) is 5.56 Å². The Morgan fingerprint density at radius 2 is 2.05 bits per heavy atom. The summed E-state index contributed by atoms with van der Waals surface area (Å²) in [6, 6.07) is 8.17. The van der Waals surface area contributed by atoms with Crippen molar-refractivity contribution in [2.75, 3.05) is 7.11 Å². The average Bonchev–Trinajstić information content (AvgIpc) is 2.36. The molecule has 2 nitrogen and oxygen atoms in total. The quantitative estimate of drug-likeness (QED) is 0.721. The molecule has 1 unspecified atom stereocenters. The van der Waals surface area contributed by atoms with E-state index < -0.39 is 5.50 Å². The van der Waals surface area contributed by atoms with Crippen LogP contribution in [0.15, 0.2) is 30.3 Å². The van der Waals surface area contributed by atoms with Crippen molar-refractivity contribution in [2.24, 2.45) is 0 Å². The highest BCUT2D eigenvalue weighted by Gasteiger charge is 2.22. The lowest BCUT2D eigenvalue weighted by Crippen LogP contribution is -2.31. The van der Waals surface area contributed by atoms with Crippen molar-refractivity contribution in [3.63, 3.8) is 0 Å². The fourth-order valence-electron chi connectivity index (χ4n) is 2.46. The number of hydrogen-bond acceptors (Lipinski definition) is 2. The Bertz CT molecular complexity index is 687. The third-order valence-corrected chi connectivity index (χ3v) is 3.45. The fourth-order valence-corrected chi connectivity index (χ4v) is 2.46. The van der Waals surface area contributed by atoms with E-state index in [1.807, 2.05) is 38.1 Å². The number of fused-ring (bicyclic) bond motifs is 3. The monoisotopic (exact) mass is 250 g/mol. The molecule has 0 aromatic heterocycles. The number of ether oxygens (including phenoxy) is 2. The van der Waals surface area contributed by atoms with Gasteiger partial charge in [-0.2, -0.15) is 0 Å². The molecule has 2 radical (unpaired) electrons. The Morgan fingerprint density at radius 3 is 2.79 bits per heavy atom. The summed E-state index contributed by atoms with van der Waals surface area (Å²) < 4.78 is 11.1. The molecule has 19 heavy (non-hydrogen) atoms. The second-order valence-electron chi connectivity index (χ2n) is 5.14. The molecule has 0 bridgehead atoms. The molecule has 0 N–H and O–H groups in total. The lowest BCUT2D eigenvalue weighted by Gasteiger charge is -2.29. The lowest BCUT2D eigenvalue weighted by atomic mass is 9.81. The Labute approximate surface area is 114 Å². The second-order valence-corrected chi connectivity index (χ2v) is 5.14. The number of rotatable bonds is 1. The van der Waals surface area contributed by atoms with E-state index in [4.69, 9.17) is 17.3 Å². The standard InChI is InChI=1S/C16H15BO2/c1-10-8-13-11(9-15(10)18-3)4-5-14-12(13)6-7-16(2,17)19-14/h4-9H,1-3H3. The Balaban J connectivity index is 2.26. The molecule has 1 heterocycles. The van der Waals surface area contributed by atoms with Crippen LogP contribution in [0.2, 0.25) is 0 Å². The highest BCUT2D eigenvalue weighted by Crippen LogP contribution is 2.37. The molecule has 0 amide bonds. The van der Waals surface area contributed by atoms with Crippen molar-refractivity contribution >= 4 is 24.7 Å². The van der Waals surface area contributed by atoms with Crippen LogP contribution < -0.4 is 9.47 Å². The van der Waals surface area contributed by atoms with Gasteiger partial charge in [-0.05, 0) is 48.4 Å². The van der Waals surface area contributed by atoms with E-state index in [9.17, 15) is 0 Å². The van der Waals surface area contributed by atoms with Crippen molar-refractivity contribution in [1.82, 2.24) is 0 Å². The SMILES string of the molecule is [B]C1(C)C=Cc2c(ccc3cc(OC)c(C)cc23)O1. The lowest BCUT2D eigenvalue weighted by molar-refractivity contribution is 0.224. The predicted octanol–water partition coefficient (Wildman–Crippen LogP) is 3.45. The molecular formula is C16H15BO2. The highest BCUT2D eigenvalue weighted by atomic mass is 16.5. The van der Waals surface area contributed by atoms with Crippen LogP contribution in [0.5, 0.6) is 11.5 Å². The first kappa shape index (κ1) is 12.2. The Hall–Kier alpha value is -1.90. The minimum atomic E-state index is -0.734. The number of benzene rings is 2. The maximum absolute atomic E-state index is 5.98. The fraction of sp³-hybridized carbons (Fsp3) is 0.250. The van der Waals surface area contributed by atoms with Gasteiger partial charge in [0.05, 0.1) is 12.6 Å². The molecule has 0 aliphatic carbocycles. The van der Waals surface area contributed by atoms with Gasteiger partial charge in [0.15, 0.2) is 0 Å². The van der Waals surface area contributed by atoms with E-state index >= 15 is 0 Å². The van der Waals surface area contributed by atoms with Gasteiger partial charge < -0.3 is 9.47 Å². The van der Waals surface area contributed by atoms with Crippen molar-refractivity contribution in [3.8, 4) is 11.5 Å². The van der Waals surface area contributed by atoms with Gasteiger partial charge >= 0.3 is 0 Å². The van der Waals surface area contributed by atoms with Crippen LogP contribution in [-0.4, -0.2) is 20.5 Å². The molecule has 0 spiro atoms. The number of hydrogen-bond donors (Lipinski definition) is 0. The molecule has 1 atom stereocenters. The largest absolute Gasteiger partial charge is 0.496 e. The van der Waals surface area contributed by atoms with Crippen LogP contribution in [0, 0.1) is 6.92 Å². The van der Waals surface area contributed by atoms with E-state index in [0.717, 1.165) is 33.4 Å². The first-order valence-electron chi connectivity index (χ1n) is 6.29. The van der Waals surface area contributed by atoms with Crippen molar-refractivity contribution in [3.05, 3.63) is 41.5 Å². The first-order chi connectivity index (χ1) is 9.00. The minimum absolute atomic E-state index is 0.734. The maximum Gasteiger partial charge on any atom is 0.137 e. The molecule has 94 valence electrons. The molecule has 0 saturated heterocycles. The van der Waals surface area contributed by atoms with Gasteiger partial charge in [-0.25, -0.2) is 0 Å². The molecular weight excluding hydrogens is 235 g/mol. The predicted molar refractivity (Wildman–Crippen MR) is 79.1 cm³/mol. The van der Waals surface area contributed by atoms with Crippen LogP contribution in [0.4, 0.5) is 0 Å². The first-order valence-corrected chi connectivity index (χ1v) is 6.29. The van der Waals surface area contributed by atoms with Crippen LogP contribution in [0.1, 0.15) is 18.1 Å². The smallest absolute Gasteiger partial charge is 0.137 e. The average molecular weight is 250 g/mol. The normalized spacial score (nSPS) is 21.0. The molecule has 3 rings (SSSR count). The molecule has 2 aromatic carbocycles. The van der Waals surface area contributed by atoms with Gasteiger partial charge in [0.2, 0.25) is 0 Å². The van der Waals surface area contributed by atoms with Gasteiger partial charge in [0.1, 0.15) is 19.3 Å². The summed E-state index contributed by atoms with van der Waals surface area (Å²) in [6.45, 7) is 3.88.